The molecule has 3 heteroatoms. The second-order valence-electron chi connectivity index (χ2n) is 6.66. The van der Waals surface area contributed by atoms with E-state index >= 15 is 0 Å². The molecular weight excluding hydrogens is 260 g/mol. The lowest BCUT2D eigenvalue weighted by molar-refractivity contribution is 0.127. The van der Waals surface area contributed by atoms with Crippen molar-refractivity contribution in [2.75, 3.05) is 19.8 Å². The standard InChI is InChI=1S/C18H32N2O/c1-18(2,3)20-12-6-4-5-7-15-21-16-8-9-17-10-13-19-14-11-17/h10-11,13-14,20H,4-9,12,15-16H2,1-3H3. The molecule has 0 aromatic carbocycles. The summed E-state index contributed by atoms with van der Waals surface area (Å²) in [5.41, 5.74) is 1.60. The number of aryl methyl sites for hydroxylation is 1. The number of pyridine rings is 1. The Bertz CT molecular complexity index is 346. The van der Waals surface area contributed by atoms with Crippen LogP contribution in [0.4, 0.5) is 0 Å². The summed E-state index contributed by atoms with van der Waals surface area (Å²) >= 11 is 0. The van der Waals surface area contributed by atoms with E-state index in [1.165, 1.54) is 31.2 Å². The van der Waals surface area contributed by atoms with Gasteiger partial charge < -0.3 is 10.1 Å². The van der Waals surface area contributed by atoms with Crippen molar-refractivity contribution in [2.24, 2.45) is 0 Å². The molecule has 0 bridgehead atoms. The van der Waals surface area contributed by atoms with Gasteiger partial charge in [-0.1, -0.05) is 12.8 Å². The topological polar surface area (TPSA) is 34.1 Å². The van der Waals surface area contributed by atoms with Crippen LogP contribution < -0.4 is 5.32 Å². The minimum atomic E-state index is 0.248. The van der Waals surface area contributed by atoms with Gasteiger partial charge in [0.2, 0.25) is 0 Å². The Hall–Kier alpha value is -0.930. The van der Waals surface area contributed by atoms with Crippen molar-refractivity contribution in [3.05, 3.63) is 30.1 Å². The lowest BCUT2D eigenvalue weighted by Crippen LogP contribution is -2.36. The van der Waals surface area contributed by atoms with E-state index in [2.05, 4.69) is 43.2 Å². The van der Waals surface area contributed by atoms with Crippen molar-refractivity contribution in [3.8, 4) is 0 Å². The molecule has 0 saturated heterocycles. The molecule has 0 fully saturated rings. The monoisotopic (exact) mass is 292 g/mol. The molecule has 0 saturated carbocycles. The van der Waals surface area contributed by atoms with Crippen molar-refractivity contribution in [1.82, 2.24) is 10.3 Å². The average Bonchev–Trinajstić information content (AvgIpc) is 2.44. The van der Waals surface area contributed by atoms with Gasteiger partial charge in [0.25, 0.3) is 0 Å². The molecule has 0 aliphatic rings. The van der Waals surface area contributed by atoms with Crippen LogP contribution in [-0.4, -0.2) is 30.3 Å². The Morgan fingerprint density at radius 3 is 2.33 bits per heavy atom. The molecule has 0 spiro atoms. The summed E-state index contributed by atoms with van der Waals surface area (Å²) in [6.45, 7) is 9.54. The van der Waals surface area contributed by atoms with Crippen molar-refractivity contribution in [3.63, 3.8) is 0 Å². The first-order chi connectivity index (χ1) is 10.1. The van der Waals surface area contributed by atoms with Crippen molar-refractivity contribution in [2.45, 2.75) is 64.8 Å². The summed E-state index contributed by atoms with van der Waals surface area (Å²) in [5.74, 6) is 0. The van der Waals surface area contributed by atoms with Crippen molar-refractivity contribution in [1.29, 1.82) is 0 Å². The Kier molecular flexibility index (Phi) is 9.27. The highest BCUT2D eigenvalue weighted by Crippen LogP contribution is 2.04. The second-order valence-corrected chi connectivity index (χ2v) is 6.66. The zero-order chi connectivity index (χ0) is 15.4. The molecular formula is C18H32N2O. The minimum Gasteiger partial charge on any atom is -0.381 e. The Balaban J connectivity index is 1.81. The summed E-state index contributed by atoms with van der Waals surface area (Å²) in [7, 11) is 0. The van der Waals surface area contributed by atoms with Gasteiger partial charge in [0.15, 0.2) is 0 Å². The minimum absolute atomic E-state index is 0.248. The molecule has 0 radical (unpaired) electrons. The average molecular weight is 292 g/mol. The maximum absolute atomic E-state index is 5.68. The molecule has 1 aromatic heterocycles. The van der Waals surface area contributed by atoms with E-state index in [0.29, 0.717) is 0 Å². The fraction of sp³-hybridized carbons (Fsp3) is 0.722. The van der Waals surface area contributed by atoms with E-state index in [9.17, 15) is 0 Å². The number of nitrogens with zero attached hydrogens (tertiary/aromatic N) is 1. The van der Waals surface area contributed by atoms with Crippen LogP contribution in [-0.2, 0) is 11.2 Å². The highest BCUT2D eigenvalue weighted by Gasteiger charge is 2.06. The molecule has 0 aliphatic heterocycles. The Labute approximate surface area is 130 Å². The molecule has 1 aromatic rings. The fourth-order valence-corrected chi connectivity index (χ4v) is 2.18. The zero-order valence-corrected chi connectivity index (χ0v) is 14.0. The Morgan fingerprint density at radius 1 is 0.952 bits per heavy atom. The van der Waals surface area contributed by atoms with Crippen LogP contribution in [0.3, 0.4) is 0 Å². The number of unbranched alkanes of at least 4 members (excludes halogenated alkanes) is 3. The molecule has 1 rings (SSSR count). The first-order valence-corrected chi connectivity index (χ1v) is 8.29. The fourth-order valence-electron chi connectivity index (χ4n) is 2.18. The predicted molar refractivity (Wildman–Crippen MR) is 89.6 cm³/mol. The van der Waals surface area contributed by atoms with Gasteiger partial charge in [0.05, 0.1) is 0 Å². The smallest absolute Gasteiger partial charge is 0.0469 e. The number of hydrogen-bond acceptors (Lipinski definition) is 3. The highest BCUT2D eigenvalue weighted by molar-refractivity contribution is 5.09. The van der Waals surface area contributed by atoms with Gasteiger partial charge >= 0.3 is 0 Å². The predicted octanol–water partition coefficient (Wildman–Crippen LogP) is 3.98. The van der Waals surface area contributed by atoms with Crippen molar-refractivity contribution < 1.29 is 4.74 Å². The van der Waals surface area contributed by atoms with Crippen LogP contribution in [0.15, 0.2) is 24.5 Å². The largest absolute Gasteiger partial charge is 0.381 e. The number of aromatic nitrogens is 1. The van der Waals surface area contributed by atoms with E-state index in [-0.39, 0.29) is 5.54 Å². The number of hydrogen-bond donors (Lipinski definition) is 1. The van der Waals surface area contributed by atoms with Crippen LogP contribution in [0.2, 0.25) is 0 Å². The van der Waals surface area contributed by atoms with E-state index in [0.717, 1.165) is 32.6 Å². The van der Waals surface area contributed by atoms with E-state index < -0.39 is 0 Å². The quantitative estimate of drug-likeness (QED) is 0.626. The lowest BCUT2D eigenvalue weighted by atomic mass is 10.1. The van der Waals surface area contributed by atoms with E-state index in [1.807, 2.05) is 12.4 Å². The van der Waals surface area contributed by atoms with Gasteiger partial charge in [-0.05, 0) is 70.7 Å². The van der Waals surface area contributed by atoms with Gasteiger partial charge in [-0.15, -0.1) is 0 Å². The van der Waals surface area contributed by atoms with Gasteiger partial charge in [-0.2, -0.15) is 0 Å². The third-order valence-corrected chi connectivity index (χ3v) is 3.37. The normalized spacial score (nSPS) is 11.8. The van der Waals surface area contributed by atoms with Crippen LogP contribution in [0, 0.1) is 0 Å². The maximum Gasteiger partial charge on any atom is 0.0469 e. The molecule has 21 heavy (non-hydrogen) atoms. The number of nitrogens with one attached hydrogen (secondary N) is 1. The van der Waals surface area contributed by atoms with Crippen LogP contribution in [0.5, 0.6) is 0 Å². The van der Waals surface area contributed by atoms with Gasteiger partial charge in [-0.25, -0.2) is 0 Å². The first kappa shape index (κ1) is 18.1. The molecule has 0 aliphatic carbocycles. The maximum atomic E-state index is 5.68. The molecule has 0 unspecified atom stereocenters. The SMILES string of the molecule is CC(C)(C)NCCCCCCOCCCc1ccncc1. The van der Waals surface area contributed by atoms with Gasteiger partial charge in [0, 0.05) is 31.1 Å². The Morgan fingerprint density at radius 2 is 1.62 bits per heavy atom. The zero-order valence-electron chi connectivity index (χ0n) is 14.0. The summed E-state index contributed by atoms with van der Waals surface area (Å²) in [4.78, 5) is 4.02. The first-order valence-electron chi connectivity index (χ1n) is 8.29. The molecule has 0 atom stereocenters. The molecule has 0 amide bonds. The number of rotatable bonds is 11. The summed E-state index contributed by atoms with van der Waals surface area (Å²) < 4.78 is 5.68. The summed E-state index contributed by atoms with van der Waals surface area (Å²) in [6.07, 6.45) is 10.9. The third kappa shape index (κ3) is 11.4. The van der Waals surface area contributed by atoms with Crippen LogP contribution >= 0.6 is 0 Å². The van der Waals surface area contributed by atoms with Gasteiger partial charge in [-0.3, -0.25) is 4.98 Å². The van der Waals surface area contributed by atoms with E-state index in [1.54, 1.807) is 0 Å². The summed E-state index contributed by atoms with van der Waals surface area (Å²) in [6, 6.07) is 4.15. The molecule has 1 heterocycles. The van der Waals surface area contributed by atoms with Crippen molar-refractivity contribution >= 4 is 0 Å². The van der Waals surface area contributed by atoms with Crippen LogP contribution in [0.25, 0.3) is 0 Å². The molecule has 120 valence electrons. The molecule has 3 nitrogen and oxygen atoms in total. The third-order valence-electron chi connectivity index (χ3n) is 3.37. The highest BCUT2D eigenvalue weighted by atomic mass is 16.5. The number of ether oxygens (including phenoxy) is 1. The molecule has 1 N–H and O–H groups in total. The lowest BCUT2D eigenvalue weighted by Gasteiger charge is -2.20. The van der Waals surface area contributed by atoms with Gasteiger partial charge in [0.1, 0.15) is 0 Å². The van der Waals surface area contributed by atoms with E-state index in [4.69, 9.17) is 4.74 Å². The second kappa shape index (κ2) is 10.7. The summed E-state index contributed by atoms with van der Waals surface area (Å²) in [5, 5.41) is 3.52. The van der Waals surface area contributed by atoms with Crippen LogP contribution in [0.1, 0.15) is 58.4 Å².